The maximum Gasteiger partial charge on any atom is 0.139 e. The van der Waals surface area contributed by atoms with Gasteiger partial charge in [-0.2, -0.15) is 0 Å². The summed E-state index contributed by atoms with van der Waals surface area (Å²) in [4.78, 5) is 12.6. The lowest BCUT2D eigenvalue weighted by Crippen LogP contribution is -2.52. The van der Waals surface area contributed by atoms with Crippen molar-refractivity contribution in [1.82, 2.24) is 0 Å². The van der Waals surface area contributed by atoms with Gasteiger partial charge < -0.3 is 0 Å². The highest BCUT2D eigenvalue weighted by Crippen LogP contribution is 2.66. The van der Waals surface area contributed by atoms with E-state index < -0.39 is 0 Å². The molecule has 4 rings (SSSR count). The molecule has 0 unspecified atom stereocenters. The Balaban J connectivity index is 1.65. The van der Waals surface area contributed by atoms with Gasteiger partial charge in [0, 0.05) is 11.8 Å². The topological polar surface area (TPSA) is 17.1 Å². The van der Waals surface area contributed by atoms with Crippen LogP contribution in [0.15, 0.2) is 11.6 Å². The summed E-state index contributed by atoms with van der Waals surface area (Å²) in [5, 5.41) is 0. The van der Waals surface area contributed by atoms with Gasteiger partial charge >= 0.3 is 0 Å². The van der Waals surface area contributed by atoms with Crippen molar-refractivity contribution >= 4 is 5.78 Å². The SMILES string of the molecule is CCCCC[C@@H]1C[C@@H]2[C@H](CC[C@]3(C)C(=O)CC[C@@H]23)[C@@]2(C)CCCC=C12. The number of ketones is 1. The van der Waals surface area contributed by atoms with Gasteiger partial charge in [0.25, 0.3) is 0 Å². The molecule has 0 amide bonds. The third-order valence-corrected chi connectivity index (χ3v) is 9.04. The number of carbonyl (C=O) groups is 1. The Morgan fingerprint density at radius 1 is 1.08 bits per heavy atom. The van der Waals surface area contributed by atoms with Gasteiger partial charge in [-0.25, -0.2) is 0 Å². The Hall–Kier alpha value is -0.590. The highest BCUT2D eigenvalue weighted by Gasteiger charge is 2.59. The van der Waals surface area contributed by atoms with Crippen LogP contribution in [0.4, 0.5) is 0 Å². The average Bonchev–Trinajstić information content (AvgIpc) is 2.90. The molecule has 0 saturated heterocycles. The zero-order valence-electron chi connectivity index (χ0n) is 16.8. The van der Waals surface area contributed by atoms with Crippen LogP contribution in [-0.2, 0) is 4.79 Å². The number of rotatable bonds is 4. The first kappa shape index (κ1) is 17.8. The molecular weight excluding hydrogens is 304 g/mol. The summed E-state index contributed by atoms with van der Waals surface area (Å²) in [6.45, 7) is 7.25. The first-order valence-corrected chi connectivity index (χ1v) is 11.2. The van der Waals surface area contributed by atoms with Gasteiger partial charge in [0.2, 0.25) is 0 Å². The Morgan fingerprint density at radius 3 is 2.68 bits per heavy atom. The number of hydrogen-bond donors (Lipinski definition) is 0. The van der Waals surface area contributed by atoms with Crippen molar-refractivity contribution in [3.63, 3.8) is 0 Å². The molecule has 0 aromatic rings. The average molecular weight is 343 g/mol. The lowest BCUT2D eigenvalue weighted by molar-refractivity contribution is -0.133. The van der Waals surface area contributed by atoms with E-state index in [0.717, 1.165) is 24.2 Å². The molecule has 1 nitrogen and oxygen atoms in total. The molecule has 0 radical (unpaired) electrons. The van der Waals surface area contributed by atoms with E-state index in [1.807, 2.05) is 5.57 Å². The molecule has 4 aliphatic rings. The zero-order valence-corrected chi connectivity index (χ0v) is 16.8. The van der Waals surface area contributed by atoms with Crippen LogP contribution in [0.25, 0.3) is 0 Å². The minimum Gasteiger partial charge on any atom is -0.299 e. The van der Waals surface area contributed by atoms with E-state index in [2.05, 4.69) is 26.8 Å². The first-order valence-electron chi connectivity index (χ1n) is 11.2. The van der Waals surface area contributed by atoms with E-state index in [9.17, 15) is 4.79 Å². The maximum absolute atomic E-state index is 12.6. The molecule has 4 aliphatic carbocycles. The van der Waals surface area contributed by atoms with Crippen molar-refractivity contribution in [1.29, 1.82) is 0 Å². The Bertz CT molecular complexity index is 560. The van der Waals surface area contributed by atoms with E-state index in [0.29, 0.717) is 17.1 Å². The van der Waals surface area contributed by atoms with Crippen molar-refractivity contribution < 1.29 is 4.79 Å². The minimum absolute atomic E-state index is 0.0291. The quantitative estimate of drug-likeness (QED) is 0.409. The lowest BCUT2D eigenvalue weighted by Gasteiger charge is -2.59. The van der Waals surface area contributed by atoms with Gasteiger partial charge in [0.15, 0.2) is 0 Å². The van der Waals surface area contributed by atoms with Gasteiger partial charge in [-0.15, -0.1) is 0 Å². The summed E-state index contributed by atoms with van der Waals surface area (Å²) in [7, 11) is 0. The Morgan fingerprint density at radius 2 is 1.88 bits per heavy atom. The standard InChI is InChI=1S/C24H38O/c1-4-5-6-9-17-16-18-20-11-12-22(25)24(20,3)15-13-21(18)23(2)14-8-7-10-19(17)23/h10,17-18,20-21H,4-9,11-16H2,1-3H3/t17-,18+,20+,21+,23+,24+/m1/s1. The Kier molecular flexibility index (Phi) is 4.66. The van der Waals surface area contributed by atoms with Gasteiger partial charge in [-0.1, -0.05) is 51.7 Å². The summed E-state index contributed by atoms with van der Waals surface area (Å²) in [5.41, 5.74) is 2.33. The van der Waals surface area contributed by atoms with E-state index in [1.165, 1.54) is 70.6 Å². The van der Waals surface area contributed by atoms with Crippen LogP contribution >= 0.6 is 0 Å². The monoisotopic (exact) mass is 342 g/mol. The van der Waals surface area contributed by atoms with E-state index in [1.54, 1.807) is 0 Å². The molecule has 3 fully saturated rings. The van der Waals surface area contributed by atoms with Crippen molar-refractivity contribution in [3.05, 3.63) is 11.6 Å². The van der Waals surface area contributed by atoms with Crippen LogP contribution in [-0.4, -0.2) is 5.78 Å². The molecule has 0 heterocycles. The zero-order chi connectivity index (χ0) is 17.7. The summed E-state index contributed by atoms with van der Waals surface area (Å²) in [6, 6.07) is 0. The van der Waals surface area contributed by atoms with Gasteiger partial charge in [0.1, 0.15) is 5.78 Å². The molecule has 0 aromatic heterocycles. The largest absolute Gasteiger partial charge is 0.299 e. The van der Waals surface area contributed by atoms with Crippen LogP contribution < -0.4 is 0 Å². The molecule has 3 saturated carbocycles. The molecule has 1 heteroatoms. The van der Waals surface area contributed by atoms with E-state index in [4.69, 9.17) is 0 Å². The third kappa shape index (κ3) is 2.67. The molecule has 0 bridgehead atoms. The molecule has 0 aliphatic heterocycles. The number of carbonyl (C=O) groups excluding carboxylic acids is 1. The van der Waals surface area contributed by atoms with Crippen LogP contribution in [0.2, 0.25) is 0 Å². The molecule has 0 aromatic carbocycles. The van der Waals surface area contributed by atoms with Crippen molar-refractivity contribution in [2.24, 2.45) is 34.5 Å². The van der Waals surface area contributed by atoms with Gasteiger partial charge in [-0.3, -0.25) is 4.79 Å². The van der Waals surface area contributed by atoms with Crippen LogP contribution in [0.3, 0.4) is 0 Å². The predicted molar refractivity (Wildman–Crippen MR) is 104 cm³/mol. The summed E-state index contributed by atoms with van der Waals surface area (Å²) < 4.78 is 0. The number of allylic oxidation sites excluding steroid dienone is 2. The second-order valence-electron chi connectivity index (χ2n) is 10.2. The fourth-order valence-corrected chi connectivity index (χ4v) is 7.68. The molecule has 25 heavy (non-hydrogen) atoms. The highest BCUT2D eigenvalue weighted by molar-refractivity contribution is 5.87. The molecule has 0 spiro atoms. The number of Topliss-reactive ketones (excluding diaryl/α,β-unsaturated/α-hetero) is 1. The first-order chi connectivity index (χ1) is 12.0. The molecule has 6 atom stereocenters. The van der Waals surface area contributed by atoms with Crippen LogP contribution in [0, 0.1) is 34.5 Å². The minimum atomic E-state index is 0.0291. The Labute approximate surface area is 155 Å². The van der Waals surface area contributed by atoms with Crippen molar-refractivity contribution in [3.8, 4) is 0 Å². The molecule has 0 N–H and O–H groups in total. The maximum atomic E-state index is 12.6. The second kappa shape index (κ2) is 6.54. The summed E-state index contributed by atoms with van der Waals surface area (Å²) in [5.74, 6) is 3.76. The van der Waals surface area contributed by atoms with E-state index in [-0.39, 0.29) is 5.41 Å². The number of hydrogen-bond acceptors (Lipinski definition) is 1. The van der Waals surface area contributed by atoms with Crippen LogP contribution in [0.1, 0.15) is 97.8 Å². The lowest BCUT2D eigenvalue weighted by atomic mass is 9.45. The highest BCUT2D eigenvalue weighted by atomic mass is 16.1. The fourth-order valence-electron chi connectivity index (χ4n) is 7.68. The van der Waals surface area contributed by atoms with E-state index >= 15 is 0 Å². The summed E-state index contributed by atoms with van der Waals surface area (Å²) in [6.07, 6.45) is 18.2. The smallest absolute Gasteiger partial charge is 0.139 e. The molecule has 140 valence electrons. The van der Waals surface area contributed by atoms with Crippen molar-refractivity contribution in [2.45, 2.75) is 97.8 Å². The van der Waals surface area contributed by atoms with Crippen molar-refractivity contribution in [2.75, 3.05) is 0 Å². The number of unbranched alkanes of at least 4 members (excludes halogenated alkanes) is 2. The van der Waals surface area contributed by atoms with Crippen LogP contribution in [0.5, 0.6) is 0 Å². The number of fused-ring (bicyclic) bond motifs is 5. The molecular formula is C24H38O. The predicted octanol–water partition coefficient (Wildman–Crippen LogP) is 6.71. The third-order valence-electron chi connectivity index (χ3n) is 9.04. The summed E-state index contributed by atoms with van der Waals surface area (Å²) >= 11 is 0. The second-order valence-corrected chi connectivity index (χ2v) is 10.2. The fraction of sp³-hybridized carbons (Fsp3) is 0.875. The van der Waals surface area contributed by atoms with Gasteiger partial charge in [0.05, 0.1) is 0 Å². The normalized spacial score (nSPS) is 46.2. The van der Waals surface area contributed by atoms with Gasteiger partial charge in [-0.05, 0) is 80.5 Å².